The van der Waals surface area contributed by atoms with E-state index in [1.165, 1.54) is 0 Å². The van der Waals surface area contributed by atoms with Crippen LogP contribution in [0, 0.1) is 5.92 Å². The number of aliphatic hydroxyl groups excluding tert-OH is 6. The van der Waals surface area contributed by atoms with E-state index in [1.54, 1.807) is 6.08 Å². The summed E-state index contributed by atoms with van der Waals surface area (Å²) in [6.07, 6.45) is -9.76. The maximum atomic E-state index is 12.5. The predicted molar refractivity (Wildman–Crippen MR) is 107 cm³/mol. The molecule has 32 heavy (non-hydrogen) atoms. The van der Waals surface area contributed by atoms with Crippen LogP contribution in [0.4, 0.5) is 0 Å². The fourth-order valence-corrected chi connectivity index (χ4v) is 3.92. The third-order valence-electron chi connectivity index (χ3n) is 6.14. The van der Waals surface area contributed by atoms with Crippen molar-refractivity contribution in [2.45, 2.75) is 81.5 Å². The van der Waals surface area contributed by atoms with Crippen LogP contribution in [0.2, 0.25) is 0 Å². The Kier molecular flexibility index (Phi) is 8.42. The van der Waals surface area contributed by atoms with Crippen LogP contribution in [-0.2, 0) is 23.7 Å². The van der Waals surface area contributed by atoms with E-state index >= 15 is 0 Å². The molecule has 3 aliphatic rings. The van der Waals surface area contributed by atoms with Crippen LogP contribution in [-0.4, -0.2) is 105 Å². The Morgan fingerprint density at radius 2 is 1.75 bits per heavy atom. The first-order valence-corrected chi connectivity index (χ1v) is 10.6. The van der Waals surface area contributed by atoms with Crippen molar-refractivity contribution in [2.24, 2.45) is 5.92 Å². The van der Waals surface area contributed by atoms with Gasteiger partial charge >= 0.3 is 5.97 Å². The number of hydrogen-bond donors (Lipinski definition) is 6. The molecule has 0 bridgehead atoms. The van der Waals surface area contributed by atoms with Gasteiger partial charge in [0.25, 0.3) is 0 Å². The topological polar surface area (TPSA) is 175 Å². The molecule has 10 atom stereocenters. The molecule has 11 heteroatoms. The van der Waals surface area contributed by atoms with Crippen molar-refractivity contribution in [3.05, 3.63) is 23.8 Å². The molecule has 0 saturated carbocycles. The molecule has 0 spiro atoms. The number of esters is 1. The van der Waals surface area contributed by atoms with Crippen LogP contribution in [0.3, 0.4) is 0 Å². The van der Waals surface area contributed by atoms with Crippen LogP contribution in [0.1, 0.15) is 26.2 Å². The average Bonchev–Trinajstić information content (AvgIpc) is 2.78. The second-order valence-corrected chi connectivity index (χ2v) is 8.55. The fraction of sp³-hybridized carbons (Fsp3) is 0.762. The Morgan fingerprint density at radius 1 is 1.06 bits per heavy atom. The summed E-state index contributed by atoms with van der Waals surface area (Å²) in [6.45, 7) is 5.16. The normalized spacial score (nSPS) is 42.8. The first-order valence-electron chi connectivity index (χ1n) is 10.6. The molecule has 1 aliphatic carbocycles. The zero-order valence-corrected chi connectivity index (χ0v) is 17.8. The summed E-state index contributed by atoms with van der Waals surface area (Å²) < 4.78 is 21.2. The summed E-state index contributed by atoms with van der Waals surface area (Å²) >= 11 is 0. The molecule has 11 nitrogen and oxygen atoms in total. The van der Waals surface area contributed by atoms with Gasteiger partial charge in [-0.05, 0) is 32.1 Å². The molecular formula is C21H32O11. The summed E-state index contributed by atoms with van der Waals surface area (Å²) in [5.41, 5.74) is 1.46. The highest BCUT2D eigenvalue weighted by molar-refractivity contribution is 5.88. The summed E-state index contributed by atoms with van der Waals surface area (Å²) in [6, 6.07) is 0. The van der Waals surface area contributed by atoms with E-state index in [4.69, 9.17) is 18.9 Å². The molecule has 182 valence electrons. The lowest BCUT2D eigenvalue weighted by Gasteiger charge is -2.41. The number of ether oxygens (including phenoxy) is 4. The van der Waals surface area contributed by atoms with Gasteiger partial charge in [-0.25, -0.2) is 4.79 Å². The van der Waals surface area contributed by atoms with Crippen LogP contribution in [0.5, 0.6) is 0 Å². The minimum Gasteiger partial charge on any atom is -0.429 e. The predicted octanol–water partition coefficient (Wildman–Crippen LogP) is -1.90. The van der Waals surface area contributed by atoms with Crippen molar-refractivity contribution in [2.75, 3.05) is 13.2 Å². The van der Waals surface area contributed by atoms with E-state index in [0.29, 0.717) is 24.3 Å². The Morgan fingerprint density at radius 3 is 2.38 bits per heavy atom. The summed E-state index contributed by atoms with van der Waals surface area (Å²) in [5, 5.41) is 59.7. The highest BCUT2D eigenvalue weighted by Crippen LogP contribution is 2.30. The first kappa shape index (κ1) is 25.2. The number of carbonyl (C=O) groups is 1. The molecule has 0 amide bonds. The van der Waals surface area contributed by atoms with Gasteiger partial charge in [-0.3, -0.25) is 0 Å². The summed E-state index contributed by atoms with van der Waals surface area (Å²) in [4.78, 5) is 12.5. The third-order valence-corrected chi connectivity index (χ3v) is 6.14. The Hall–Kier alpha value is -1.41. The molecule has 2 heterocycles. The van der Waals surface area contributed by atoms with Gasteiger partial charge in [-0.2, -0.15) is 0 Å². The van der Waals surface area contributed by atoms with Gasteiger partial charge in [-0.1, -0.05) is 18.2 Å². The third kappa shape index (κ3) is 5.56. The quantitative estimate of drug-likeness (QED) is 0.193. The second kappa shape index (κ2) is 10.7. The summed E-state index contributed by atoms with van der Waals surface area (Å²) in [7, 11) is 0. The molecule has 2 saturated heterocycles. The van der Waals surface area contributed by atoms with Gasteiger partial charge < -0.3 is 49.6 Å². The van der Waals surface area contributed by atoms with Gasteiger partial charge in [0, 0.05) is 5.57 Å². The smallest absolute Gasteiger partial charge is 0.336 e. The fourth-order valence-electron chi connectivity index (χ4n) is 3.92. The lowest BCUT2D eigenvalue weighted by atomic mass is 9.85. The number of rotatable bonds is 6. The number of allylic oxidation sites excluding steroid dienone is 2. The highest BCUT2D eigenvalue weighted by atomic mass is 16.7. The zero-order valence-electron chi connectivity index (χ0n) is 17.8. The van der Waals surface area contributed by atoms with Crippen molar-refractivity contribution in [1.82, 2.24) is 0 Å². The number of carbonyl (C=O) groups excluding carboxylic acids is 1. The van der Waals surface area contributed by atoms with Gasteiger partial charge in [0.05, 0.1) is 13.2 Å². The van der Waals surface area contributed by atoms with E-state index in [0.717, 1.165) is 12.0 Å². The van der Waals surface area contributed by atoms with E-state index in [-0.39, 0.29) is 6.61 Å². The largest absolute Gasteiger partial charge is 0.429 e. The Labute approximate surface area is 185 Å². The lowest BCUT2D eigenvalue weighted by Crippen LogP contribution is -2.60. The first-order chi connectivity index (χ1) is 15.1. The summed E-state index contributed by atoms with van der Waals surface area (Å²) in [5.74, 6) is -0.404. The second-order valence-electron chi connectivity index (χ2n) is 8.55. The minimum atomic E-state index is -1.69. The van der Waals surface area contributed by atoms with Crippen molar-refractivity contribution < 1.29 is 54.4 Å². The van der Waals surface area contributed by atoms with E-state index < -0.39 is 67.9 Å². The van der Waals surface area contributed by atoms with Crippen molar-refractivity contribution in [3.8, 4) is 0 Å². The van der Waals surface area contributed by atoms with Crippen molar-refractivity contribution in [3.63, 3.8) is 0 Å². The maximum Gasteiger partial charge on any atom is 0.336 e. The average molecular weight is 460 g/mol. The molecule has 0 aromatic heterocycles. The maximum absolute atomic E-state index is 12.5. The molecule has 2 fully saturated rings. The van der Waals surface area contributed by atoms with Crippen LogP contribution in [0.15, 0.2) is 23.8 Å². The molecule has 0 radical (unpaired) electrons. The highest BCUT2D eigenvalue weighted by Gasteiger charge is 2.47. The SMILES string of the molecule is C=C(C)C1CC=C(C(=O)OC2OC(COC3OCC(O)C(O)C3O)C(O)C(O)C2O)CC1. The molecule has 10 unspecified atom stereocenters. The Bertz CT molecular complexity index is 710. The van der Waals surface area contributed by atoms with Crippen molar-refractivity contribution in [1.29, 1.82) is 0 Å². The van der Waals surface area contributed by atoms with E-state index in [2.05, 4.69) is 6.58 Å². The molecule has 2 aliphatic heterocycles. The van der Waals surface area contributed by atoms with Crippen LogP contribution in [0.25, 0.3) is 0 Å². The van der Waals surface area contributed by atoms with Crippen LogP contribution >= 0.6 is 0 Å². The van der Waals surface area contributed by atoms with Gasteiger partial charge in [0.2, 0.25) is 6.29 Å². The zero-order chi connectivity index (χ0) is 23.6. The monoisotopic (exact) mass is 460 g/mol. The standard InChI is InChI=1S/C21H32O11/c1-9(2)10-3-5-11(6-4-10)19(28)32-21-18(27)16(25)15(24)13(31-21)8-30-20-17(26)14(23)12(22)7-29-20/h5,10,12-18,20-27H,1,3-4,6-8H2,2H3. The lowest BCUT2D eigenvalue weighted by molar-refractivity contribution is -0.314. The Balaban J connectivity index is 1.58. The number of hydrogen-bond acceptors (Lipinski definition) is 11. The minimum absolute atomic E-state index is 0.278. The van der Waals surface area contributed by atoms with E-state index in [1.807, 2.05) is 6.92 Å². The van der Waals surface area contributed by atoms with Crippen LogP contribution < -0.4 is 0 Å². The molecular weight excluding hydrogens is 428 g/mol. The van der Waals surface area contributed by atoms with Gasteiger partial charge in [-0.15, -0.1) is 0 Å². The number of aliphatic hydroxyl groups is 6. The molecule has 0 aromatic carbocycles. The molecule has 3 rings (SSSR count). The van der Waals surface area contributed by atoms with Gasteiger partial charge in [0.15, 0.2) is 6.29 Å². The molecule has 6 N–H and O–H groups in total. The molecule has 0 aromatic rings. The van der Waals surface area contributed by atoms with Crippen molar-refractivity contribution >= 4 is 5.97 Å². The van der Waals surface area contributed by atoms with Gasteiger partial charge in [0.1, 0.15) is 42.7 Å². The van der Waals surface area contributed by atoms with E-state index in [9.17, 15) is 35.4 Å².